The molecule has 2 saturated heterocycles. The first-order valence-corrected chi connectivity index (χ1v) is 11.0. The van der Waals surface area contributed by atoms with Gasteiger partial charge in [0.2, 0.25) is 5.91 Å². The van der Waals surface area contributed by atoms with E-state index in [0.717, 1.165) is 5.75 Å². The van der Waals surface area contributed by atoms with E-state index in [-0.39, 0.29) is 24.0 Å². The Kier molecular flexibility index (Phi) is 7.23. The number of carbonyl (C=O) groups excluding carboxylic acids is 2. The predicted octanol–water partition coefficient (Wildman–Crippen LogP) is 2.54. The molecule has 166 valence electrons. The highest BCUT2D eigenvalue weighted by atomic mass is 16.5. The van der Waals surface area contributed by atoms with E-state index in [9.17, 15) is 14.7 Å². The van der Waals surface area contributed by atoms with Gasteiger partial charge in [-0.05, 0) is 36.5 Å². The second-order valence-electron chi connectivity index (χ2n) is 8.96. The Labute approximate surface area is 179 Å². The van der Waals surface area contributed by atoms with Gasteiger partial charge in [-0.1, -0.05) is 26.0 Å². The highest BCUT2D eigenvalue weighted by molar-refractivity contribution is 5.80. The normalized spacial score (nSPS) is 22.9. The Balaban J connectivity index is 1.51. The SMILES string of the molecule is CC(C)c1cccc(O[C@@H]2CCN(C(=O)C3CCN(C(=O)N(C)C)CC3)C[C@H]2O)c1. The monoisotopic (exact) mass is 417 g/mol. The zero-order valence-electron chi connectivity index (χ0n) is 18.6. The number of urea groups is 1. The van der Waals surface area contributed by atoms with Gasteiger partial charge in [-0.3, -0.25) is 4.79 Å². The van der Waals surface area contributed by atoms with Gasteiger partial charge in [0.05, 0.1) is 6.54 Å². The van der Waals surface area contributed by atoms with E-state index < -0.39 is 6.10 Å². The van der Waals surface area contributed by atoms with Gasteiger partial charge < -0.3 is 24.5 Å². The molecule has 1 aromatic carbocycles. The summed E-state index contributed by atoms with van der Waals surface area (Å²) in [5, 5.41) is 10.6. The molecule has 3 amide bonds. The molecule has 30 heavy (non-hydrogen) atoms. The van der Waals surface area contributed by atoms with E-state index in [4.69, 9.17) is 4.74 Å². The van der Waals surface area contributed by atoms with Crippen LogP contribution in [-0.4, -0.2) is 84.2 Å². The average molecular weight is 418 g/mol. The summed E-state index contributed by atoms with van der Waals surface area (Å²) in [6, 6.07) is 7.99. The summed E-state index contributed by atoms with van der Waals surface area (Å²) in [5.41, 5.74) is 1.20. The van der Waals surface area contributed by atoms with E-state index in [0.29, 0.717) is 51.4 Å². The van der Waals surface area contributed by atoms with Crippen LogP contribution < -0.4 is 4.74 Å². The fourth-order valence-corrected chi connectivity index (χ4v) is 4.23. The molecular formula is C23H35N3O4. The lowest BCUT2D eigenvalue weighted by Crippen LogP contribution is -2.53. The van der Waals surface area contributed by atoms with Crippen molar-refractivity contribution in [3.05, 3.63) is 29.8 Å². The number of likely N-dealkylation sites (tertiary alicyclic amines) is 2. The number of rotatable bonds is 4. The summed E-state index contributed by atoms with van der Waals surface area (Å²) in [6.45, 7) is 6.35. The molecule has 2 aliphatic rings. The van der Waals surface area contributed by atoms with E-state index in [1.165, 1.54) is 5.56 Å². The van der Waals surface area contributed by atoms with Crippen molar-refractivity contribution in [1.82, 2.24) is 14.7 Å². The Morgan fingerprint density at radius 3 is 2.37 bits per heavy atom. The van der Waals surface area contributed by atoms with Gasteiger partial charge in [0.15, 0.2) is 0 Å². The van der Waals surface area contributed by atoms with Gasteiger partial charge in [0, 0.05) is 46.1 Å². The van der Waals surface area contributed by atoms with E-state index in [1.54, 1.807) is 28.8 Å². The number of hydrogen-bond acceptors (Lipinski definition) is 4. The van der Waals surface area contributed by atoms with E-state index >= 15 is 0 Å². The summed E-state index contributed by atoms with van der Waals surface area (Å²) < 4.78 is 6.06. The first-order valence-electron chi connectivity index (χ1n) is 11.0. The Bertz CT molecular complexity index is 744. The lowest BCUT2D eigenvalue weighted by Gasteiger charge is -2.39. The molecule has 0 radical (unpaired) electrons. The third-order valence-electron chi connectivity index (χ3n) is 6.14. The maximum atomic E-state index is 13.0. The largest absolute Gasteiger partial charge is 0.488 e. The van der Waals surface area contributed by atoms with Crippen LogP contribution >= 0.6 is 0 Å². The van der Waals surface area contributed by atoms with Crippen molar-refractivity contribution in [1.29, 1.82) is 0 Å². The molecule has 2 aliphatic heterocycles. The van der Waals surface area contributed by atoms with Crippen LogP contribution in [0.15, 0.2) is 24.3 Å². The van der Waals surface area contributed by atoms with Crippen molar-refractivity contribution in [2.45, 2.75) is 51.2 Å². The van der Waals surface area contributed by atoms with Gasteiger partial charge in [0.1, 0.15) is 18.0 Å². The minimum Gasteiger partial charge on any atom is -0.488 e. The molecule has 0 bridgehead atoms. The number of piperidine rings is 2. The molecule has 0 saturated carbocycles. The fourth-order valence-electron chi connectivity index (χ4n) is 4.23. The topological polar surface area (TPSA) is 73.3 Å². The maximum Gasteiger partial charge on any atom is 0.319 e. The number of amides is 3. The molecule has 2 atom stereocenters. The summed E-state index contributed by atoms with van der Waals surface area (Å²) in [5.74, 6) is 1.19. The van der Waals surface area contributed by atoms with Gasteiger partial charge in [0.25, 0.3) is 0 Å². The molecule has 1 aromatic rings. The molecule has 7 nitrogen and oxygen atoms in total. The minimum absolute atomic E-state index is 0.00387. The summed E-state index contributed by atoms with van der Waals surface area (Å²) >= 11 is 0. The number of nitrogens with zero attached hydrogens (tertiary/aromatic N) is 3. The third-order valence-corrected chi connectivity index (χ3v) is 6.14. The Morgan fingerprint density at radius 2 is 1.77 bits per heavy atom. The van der Waals surface area contributed by atoms with E-state index in [2.05, 4.69) is 19.9 Å². The lowest BCUT2D eigenvalue weighted by molar-refractivity contribution is -0.142. The van der Waals surface area contributed by atoms with Gasteiger partial charge in [-0.25, -0.2) is 4.79 Å². The second kappa shape index (κ2) is 9.69. The number of carbonyl (C=O) groups is 2. The van der Waals surface area contributed by atoms with Crippen molar-refractivity contribution in [2.24, 2.45) is 5.92 Å². The van der Waals surface area contributed by atoms with E-state index in [1.807, 2.05) is 18.2 Å². The number of hydrogen-bond donors (Lipinski definition) is 1. The maximum absolute atomic E-state index is 13.0. The number of β-amino-alcohol motifs (C(OH)–C–C–N with tert-alkyl or cyclic N) is 1. The quantitative estimate of drug-likeness (QED) is 0.817. The molecule has 7 heteroatoms. The van der Waals surface area contributed by atoms with Gasteiger partial charge >= 0.3 is 6.03 Å². The van der Waals surface area contributed by atoms with Crippen LogP contribution in [0.2, 0.25) is 0 Å². The Hall–Kier alpha value is -2.28. The molecule has 1 N–H and O–H groups in total. The summed E-state index contributed by atoms with van der Waals surface area (Å²) in [6.07, 6.45) is 0.938. The lowest BCUT2D eigenvalue weighted by atomic mass is 9.93. The minimum atomic E-state index is -0.708. The molecule has 0 unspecified atom stereocenters. The standard InChI is InChI=1S/C23H35N3O4/c1-16(2)18-6-5-7-19(14-18)30-21-10-13-26(15-20(21)27)22(28)17-8-11-25(12-9-17)23(29)24(3)4/h5-7,14,16-17,20-21,27H,8-13,15H2,1-4H3/t20-,21-/m1/s1. The predicted molar refractivity (Wildman–Crippen MR) is 116 cm³/mol. The van der Waals surface area contributed by atoms with Crippen LogP contribution in [-0.2, 0) is 4.79 Å². The highest BCUT2D eigenvalue weighted by Crippen LogP contribution is 2.26. The smallest absolute Gasteiger partial charge is 0.319 e. The molecule has 2 fully saturated rings. The van der Waals surface area contributed by atoms with Crippen LogP contribution in [0.3, 0.4) is 0 Å². The van der Waals surface area contributed by atoms with Crippen molar-refractivity contribution in [3.63, 3.8) is 0 Å². The highest BCUT2D eigenvalue weighted by Gasteiger charge is 2.36. The van der Waals surface area contributed by atoms with Crippen molar-refractivity contribution < 1.29 is 19.4 Å². The molecular weight excluding hydrogens is 382 g/mol. The number of benzene rings is 1. The van der Waals surface area contributed by atoms with Crippen LogP contribution in [0, 0.1) is 5.92 Å². The fraction of sp³-hybridized carbons (Fsp3) is 0.652. The van der Waals surface area contributed by atoms with Crippen molar-refractivity contribution in [2.75, 3.05) is 40.3 Å². The number of ether oxygens (including phenoxy) is 1. The zero-order valence-corrected chi connectivity index (χ0v) is 18.6. The van der Waals surface area contributed by atoms with Gasteiger partial charge in [-0.2, -0.15) is 0 Å². The van der Waals surface area contributed by atoms with Crippen LogP contribution in [0.1, 0.15) is 44.6 Å². The number of aliphatic hydroxyl groups is 1. The molecule has 0 aliphatic carbocycles. The second-order valence-corrected chi connectivity index (χ2v) is 8.96. The first kappa shape index (κ1) is 22.4. The summed E-state index contributed by atoms with van der Waals surface area (Å²) in [7, 11) is 3.48. The van der Waals surface area contributed by atoms with Crippen LogP contribution in [0.5, 0.6) is 5.75 Å². The molecule has 2 heterocycles. The number of aliphatic hydroxyl groups excluding tert-OH is 1. The average Bonchev–Trinajstić information content (AvgIpc) is 2.74. The Morgan fingerprint density at radius 1 is 1.10 bits per heavy atom. The molecule has 3 rings (SSSR count). The molecule has 0 spiro atoms. The van der Waals surface area contributed by atoms with Gasteiger partial charge in [-0.15, -0.1) is 0 Å². The van der Waals surface area contributed by atoms with Crippen molar-refractivity contribution in [3.8, 4) is 5.75 Å². The van der Waals surface area contributed by atoms with Crippen molar-refractivity contribution >= 4 is 11.9 Å². The summed E-state index contributed by atoms with van der Waals surface area (Å²) in [4.78, 5) is 30.2. The van der Waals surface area contributed by atoms with Crippen LogP contribution in [0.4, 0.5) is 4.79 Å². The first-order chi connectivity index (χ1) is 14.3. The van der Waals surface area contributed by atoms with Crippen LogP contribution in [0.25, 0.3) is 0 Å². The zero-order chi connectivity index (χ0) is 21.8. The third kappa shape index (κ3) is 5.25. The molecule has 0 aromatic heterocycles.